The molecule has 34 heavy (non-hydrogen) atoms. The molecule has 1 aromatic heterocycles. The third kappa shape index (κ3) is 5.24. The molecule has 0 bridgehead atoms. The molecule has 9 heteroatoms. The van der Waals surface area contributed by atoms with Crippen LogP contribution in [0, 0.1) is 0 Å². The van der Waals surface area contributed by atoms with Gasteiger partial charge in [0.25, 0.3) is 5.89 Å². The summed E-state index contributed by atoms with van der Waals surface area (Å²) in [6, 6.07) is 14.9. The van der Waals surface area contributed by atoms with Crippen molar-refractivity contribution in [3.05, 3.63) is 70.7 Å². The van der Waals surface area contributed by atoms with Gasteiger partial charge in [0.1, 0.15) is 5.75 Å². The predicted octanol–water partition coefficient (Wildman–Crippen LogP) is 5.49. The molecule has 1 unspecified atom stereocenters. The Kier molecular flexibility index (Phi) is 7.82. The van der Waals surface area contributed by atoms with Crippen molar-refractivity contribution in [3.63, 3.8) is 0 Å². The molecule has 0 saturated carbocycles. The van der Waals surface area contributed by atoms with E-state index < -0.39 is 0 Å². The first-order chi connectivity index (χ1) is 16.5. The Morgan fingerprint density at radius 1 is 1.21 bits per heavy atom. The summed E-state index contributed by atoms with van der Waals surface area (Å²) in [5.74, 6) is 1.69. The summed E-state index contributed by atoms with van der Waals surface area (Å²) in [6.45, 7) is 6.08. The first-order valence-electron chi connectivity index (χ1n) is 11.1. The van der Waals surface area contributed by atoms with Gasteiger partial charge < -0.3 is 24.2 Å². The van der Waals surface area contributed by atoms with Crippen LogP contribution in [0.1, 0.15) is 37.8 Å². The highest BCUT2D eigenvalue weighted by Crippen LogP contribution is 2.38. The average Bonchev–Trinajstić information content (AvgIpc) is 3.33. The number of rotatable bonds is 9. The monoisotopic (exact) mass is 498 g/mol. The van der Waals surface area contributed by atoms with Crippen LogP contribution in [0.4, 0.5) is 0 Å². The number of benzene rings is 2. The predicted molar refractivity (Wildman–Crippen MR) is 137 cm³/mol. The average molecular weight is 499 g/mol. The zero-order chi connectivity index (χ0) is 24.1. The van der Waals surface area contributed by atoms with Crippen molar-refractivity contribution in [3.8, 4) is 17.1 Å². The van der Waals surface area contributed by atoms with E-state index in [0.29, 0.717) is 41.6 Å². The van der Waals surface area contributed by atoms with Crippen LogP contribution in [-0.2, 0) is 4.74 Å². The van der Waals surface area contributed by atoms with Gasteiger partial charge >= 0.3 is 0 Å². The minimum atomic E-state index is -0.279. The SMILES string of the molecule is CCOCCCN1C(=S)NC(c2cccc(Cl)c2)C(c2nc(-c3ccc(OC)cc3)no2)=C1C. The van der Waals surface area contributed by atoms with Crippen LogP contribution in [0.2, 0.25) is 5.02 Å². The molecule has 1 N–H and O–H groups in total. The van der Waals surface area contributed by atoms with Crippen LogP contribution < -0.4 is 10.1 Å². The summed E-state index contributed by atoms with van der Waals surface area (Å²) >= 11 is 12.0. The number of hydrogen-bond acceptors (Lipinski definition) is 6. The number of allylic oxidation sites excluding steroid dienone is 1. The minimum absolute atomic E-state index is 0.279. The van der Waals surface area contributed by atoms with Crippen LogP contribution in [0.5, 0.6) is 5.75 Å². The molecule has 1 atom stereocenters. The van der Waals surface area contributed by atoms with Gasteiger partial charge in [0.2, 0.25) is 5.82 Å². The smallest absolute Gasteiger partial charge is 0.258 e. The van der Waals surface area contributed by atoms with E-state index in [4.69, 9.17) is 42.8 Å². The van der Waals surface area contributed by atoms with Crippen LogP contribution in [-0.4, -0.2) is 47.0 Å². The molecule has 0 saturated heterocycles. The summed E-state index contributed by atoms with van der Waals surface area (Å²) in [6.07, 6.45) is 0.836. The molecular formula is C25H27ClN4O3S. The molecule has 3 aromatic rings. The Balaban J connectivity index is 1.72. The zero-order valence-electron chi connectivity index (χ0n) is 19.4. The summed E-state index contributed by atoms with van der Waals surface area (Å²) in [4.78, 5) is 6.79. The topological polar surface area (TPSA) is 72.7 Å². The number of aromatic nitrogens is 2. The Morgan fingerprint density at radius 3 is 2.71 bits per heavy atom. The van der Waals surface area contributed by atoms with E-state index in [1.165, 1.54) is 0 Å². The number of hydrogen-bond donors (Lipinski definition) is 1. The van der Waals surface area contributed by atoms with E-state index >= 15 is 0 Å². The Labute approximate surface area is 209 Å². The van der Waals surface area contributed by atoms with Crippen molar-refractivity contribution >= 4 is 34.5 Å². The van der Waals surface area contributed by atoms with Crippen molar-refractivity contribution in [1.82, 2.24) is 20.4 Å². The molecule has 0 radical (unpaired) electrons. The van der Waals surface area contributed by atoms with Gasteiger partial charge in [-0.05, 0) is 74.4 Å². The number of halogens is 1. The Bertz CT molecular complexity index is 1180. The maximum absolute atomic E-state index is 6.30. The summed E-state index contributed by atoms with van der Waals surface area (Å²) in [5.41, 5.74) is 3.61. The van der Waals surface area contributed by atoms with E-state index in [1.54, 1.807) is 7.11 Å². The molecule has 0 amide bonds. The number of ether oxygens (including phenoxy) is 2. The lowest BCUT2D eigenvalue weighted by Crippen LogP contribution is -2.46. The standard InChI is InChI=1S/C25H27ClN4O3S/c1-4-32-14-6-13-30-16(2)21(22(27-25(30)34)18-7-5-8-19(26)15-18)24-28-23(29-33-24)17-9-11-20(31-3)12-10-17/h5,7-12,15,22H,4,6,13-14H2,1-3H3,(H,27,34). The van der Waals surface area contributed by atoms with Crippen LogP contribution in [0.25, 0.3) is 17.0 Å². The molecule has 1 aliphatic heterocycles. The van der Waals surface area contributed by atoms with Crippen LogP contribution >= 0.6 is 23.8 Å². The Morgan fingerprint density at radius 2 is 2.00 bits per heavy atom. The number of thiocarbonyl (C=S) groups is 1. The fraction of sp³-hybridized carbons (Fsp3) is 0.320. The summed E-state index contributed by atoms with van der Waals surface area (Å²) in [5, 5.41) is 8.97. The molecule has 4 rings (SSSR count). The van der Waals surface area contributed by atoms with Gasteiger partial charge in [-0.15, -0.1) is 0 Å². The van der Waals surface area contributed by atoms with Gasteiger partial charge in [0, 0.05) is 36.0 Å². The second kappa shape index (κ2) is 11.0. The summed E-state index contributed by atoms with van der Waals surface area (Å²) < 4.78 is 16.5. The number of nitrogens with one attached hydrogen (secondary N) is 1. The van der Waals surface area contributed by atoms with Crippen LogP contribution in [0.15, 0.2) is 58.8 Å². The second-order valence-corrected chi connectivity index (χ2v) is 8.61. The van der Waals surface area contributed by atoms with Crippen LogP contribution in [0.3, 0.4) is 0 Å². The lowest BCUT2D eigenvalue weighted by molar-refractivity contribution is 0.141. The van der Waals surface area contributed by atoms with Gasteiger partial charge in [-0.25, -0.2) is 0 Å². The fourth-order valence-electron chi connectivity index (χ4n) is 3.92. The number of methoxy groups -OCH3 is 1. The van der Waals surface area contributed by atoms with Gasteiger partial charge in [0.15, 0.2) is 5.11 Å². The van der Waals surface area contributed by atoms with Gasteiger partial charge in [0.05, 0.1) is 18.7 Å². The van der Waals surface area contributed by atoms with Crippen molar-refractivity contribution in [2.24, 2.45) is 0 Å². The lowest BCUT2D eigenvalue weighted by Gasteiger charge is -2.37. The van der Waals surface area contributed by atoms with Crippen molar-refractivity contribution < 1.29 is 14.0 Å². The molecule has 7 nitrogen and oxygen atoms in total. The molecule has 2 aromatic carbocycles. The maximum Gasteiger partial charge on any atom is 0.258 e. The zero-order valence-corrected chi connectivity index (χ0v) is 20.9. The highest BCUT2D eigenvalue weighted by atomic mass is 35.5. The van der Waals surface area contributed by atoms with Gasteiger partial charge in [-0.2, -0.15) is 4.98 Å². The molecule has 2 heterocycles. The molecule has 178 valence electrons. The largest absolute Gasteiger partial charge is 0.497 e. The minimum Gasteiger partial charge on any atom is -0.497 e. The lowest BCUT2D eigenvalue weighted by atomic mass is 9.94. The van der Waals surface area contributed by atoms with Crippen molar-refractivity contribution in [1.29, 1.82) is 0 Å². The molecule has 0 spiro atoms. The Hall–Kier alpha value is -2.94. The first-order valence-corrected chi connectivity index (χ1v) is 11.9. The van der Waals surface area contributed by atoms with Crippen molar-refractivity contribution in [2.75, 3.05) is 26.9 Å². The molecule has 1 aliphatic rings. The highest BCUT2D eigenvalue weighted by molar-refractivity contribution is 7.80. The maximum atomic E-state index is 6.30. The first kappa shape index (κ1) is 24.2. The fourth-order valence-corrected chi connectivity index (χ4v) is 4.47. The van der Waals surface area contributed by atoms with Gasteiger partial charge in [-0.3, -0.25) is 0 Å². The molecular weight excluding hydrogens is 472 g/mol. The van der Waals surface area contributed by atoms with E-state index in [0.717, 1.165) is 34.6 Å². The second-order valence-electron chi connectivity index (χ2n) is 7.79. The quantitative estimate of drug-likeness (QED) is 0.307. The number of nitrogens with zero attached hydrogens (tertiary/aromatic N) is 3. The normalized spacial score (nSPS) is 16.1. The third-order valence-corrected chi connectivity index (χ3v) is 6.23. The van der Waals surface area contributed by atoms with E-state index in [1.807, 2.05) is 62.4 Å². The van der Waals surface area contributed by atoms with E-state index in [9.17, 15) is 0 Å². The summed E-state index contributed by atoms with van der Waals surface area (Å²) in [7, 11) is 1.63. The van der Waals surface area contributed by atoms with Gasteiger partial charge in [-0.1, -0.05) is 28.9 Å². The van der Waals surface area contributed by atoms with Crippen molar-refractivity contribution in [2.45, 2.75) is 26.3 Å². The molecule has 0 fully saturated rings. The van der Waals surface area contributed by atoms with E-state index in [-0.39, 0.29) is 6.04 Å². The molecule has 0 aliphatic carbocycles. The van der Waals surface area contributed by atoms with E-state index in [2.05, 4.69) is 15.4 Å². The highest BCUT2D eigenvalue weighted by Gasteiger charge is 2.34. The third-order valence-electron chi connectivity index (χ3n) is 5.66.